The maximum atomic E-state index is 12.8. The second-order valence-corrected chi connectivity index (χ2v) is 18.2. The first-order valence-corrected chi connectivity index (χ1v) is 19.3. The summed E-state index contributed by atoms with van der Waals surface area (Å²) in [5.74, 6) is 5.64. The van der Waals surface area contributed by atoms with Gasteiger partial charge in [-0.05, 0) is 171 Å². The quantitative estimate of drug-likeness (QED) is 0.141. The molecular weight excluding hydrogens is 849 g/mol. The molecule has 0 N–H and O–H groups in total. The molecule has 228 valence electrons. The Labute approximate surface area is 289 Å². The van der Waals surface area contributed by atoms with Gasteiger partial charge in [-0.1, -0.05) is 65.5 Å². The van der Waals surface area contributed by atoms with Crippen LogP contribution in [-0.2, 0) is 9.53 Å². The molecule has 0 aliphatic heterocycles. The minimum Gasteiger partial charge on any atom is -0.480 e. The lowest BCUT2D eigenvalue weighted by Gasteiger charge is -2.58. The van der Waals surface area contributed by atoms with Crippen molar-refractivity contribution in [3.05, 3.63) is 34.5 Å². The summed E-state index contributed by atoms with van der Waals surface area (Å²) in [6, 6.07) is 4.14. The molecule has 0 spiro atoms. The molecule has 3 nitrogen and oxygen atoms in total. The third-order valence-electron chi connectivity index (χ3n) is 11.9. The molecule has 8 atom stereocenters. The van der Waals surface area contributed by atoms with E-state index in [1.165, 1.54) is 54.9 Å². The maximum absolute atomic E-state index is 12.8. The van der Waals surface area contributed by atoms with Crippen LogP contribution in [0.25, 0.3) is 0 Å². The van der Waals surface area contributed by atoms with Gasteiger partial charge in [0.2, 0.25) is 0 Å². The number of halogens is 3. The molecule has 4 aliphatic carbocycles. The highest BCUT2D eigenvalue weighted by molar-refractivity contribution is 14.1. The van der Waals surface area contributed by atoms with E-state index in [0.29, 0.717) is 5.41 Å². The Hall–Kier alpha value is 0.420. The van der Waals surface area contributed by atoms with Crippen LogP contribution in [0.15, 0.2) is 23.8 Å². The largest absolute Gasteiger partial charge is 0.480 e. The molecule has 1 aromatic rings. The molecule has 3 unspecified atom stereocenters. The minimum absolute atomic E-state index is 0.0201. The summed E-state index contributed by atoms with van der Waals surface area (Å²) in [5, 5.41) is 0. The Morgan fingerprint density at radius 3 is 2.41 bits per heavy atom. The average Bonchev–Trinajstić information content (AvgIpc) is 3.25. The monoisotopic (exact) mass is 898 g/mol. The van der Waals surface area contributed by atoms with E-state index in [1.54, 1.807) is 5.57 Å². The SMILES string of the molecule is CC(C)CCC[C@@H](C)[C@H]1CCC2C3CC=C4C[C@@H](OC(=O)COc5c(I)cc(I)cc5I)CC[C@]4(C)C3CC[C@@]21C. The van der Waals surface area contributed by atoms with E-state index in [-0.39, 0.29) is 24.1 Å². The number of carbonyl (C=O) groups excluding carboxylic acids is 1. The lowest BCUT2D eigenvalue weighted by atomic mass is 9.47. The number of benzene rings is 1. The number of ether oxygens (including phenoxy) is 2. The van der Waals surface area contributed by atoms with Crippen LogP contribution in [0.1, 0.15) is 105 Å². The van der Waals surface area contributed by atoms with Crippen LogP contribution in [-0.4, -0.2) is 18.7 Å². The summed E-state index contributed by atoms with van der Waals surface area (Å²) < 4.78 is 15.2. The summed E-state index contributed by atoms with van der Waals surface area (Å²) in [6.07, 6.45) is 16.7. The van der Waals surface area contributed by atoms with Crippen LogP contribution in [0.4, 0.5) is 0 Å². The fourth-order valence-electron chi connectivity index (χ4n) is 9.77. The minimum atomic E-state index is -0.244. The van der Waals surface area contributed by atoms with Gasteiger partial charge in [0.15, 0.2) is 6.61 Å². The van der Waals surface area contributed by atoms with Crippen molar-refractivity contribution in [3.63, 3.8) is 0 Å². The van der Waals surface area contributed by atoms with Crippen molar-refractivity contribution >= 4 is 73.7 Å². The van der Waals surface area contributed by atoms with E-state index >= 15 is 0 Å². The zero-order chi connectivity index (χ0) is 29.5. The standard InChI is InChI=1S/C35H49I3O3/c1-21(2)7-6-8-22(3)27-11-12-28-26-10-9-23-17-25(13-15-34(23,4)29(26)14-16-35(27,28)5)41-32(39)20-40-33-30(37)18-24(36)19-31(33)38/h9,18-19,21-22,25-29H,6-8,10-17,20H2,1-5H3/t22-,25+,26?,27-,28?,29?,34+,35-/m1/s1. The highest BCUT2D eigenvalue weighted by Gasteiger charge is 2.59. The molecule has 1 aromatic carbocycles. The lowest BCUT2D eigenvalue weighted by molar-refractivity contribution is -0.154. The van der Waals surface area contributed by atoms with E-state index < -0.39 is 0 Å². The van der Waals surface area contributed by atoms with Gasteiger partial charge in [-0.15, -0.1) is 0 Å². The highest BCUT2D eigenvalue weighted by Crippen LogP contribution is 2.67. The van der Waals surface area contributed by atoms with Gasteiger partial charge in [0, 0.05) is 9.99 Å². The number of rotatable bonds is 9. The van der Waals surface area contributed by atoms with Gasteiger partial charge >= 0.3 is 5.97 Å². The molecule has 5 rings (SSSR count). The molecule has 0 saturated heterocycles. The summed E-state index contributed by atoms with van der Waals surface area (Å²) in [5.41, 5.74) is 2.38. The maximum Gasteiger partial charge on any atom is 0.344 e. The van der Waals surface area contributed by atoms with Crippen molar-refractivity contribution < 1.29 is 14.3 Å². The molecule has 6 heteroatoms. The number of hydrogen-bond donors (Lipinski definition) is 0. The van der Waals surface area contributed by atoms with Crippen molar-refractivity contribution in [2.24, 2.45) is 46.3 Å². The molecule has 3 fully saturated rings. The number of fused-ring (bicyclic) bond motifs is 5. The summed E-state index contributed by atoms with van der Waals surface area (Å²) >= 11 is 6.86. The second-order valence-electron chi connectivity index (χ2n) is 14.6. The Morgan fingerprint density at radius 2 is 1.71 bits per heavy atom. The van der Waals surface area contributed by atoms with E-state index in [4.69, 9.17) is 9.47 Å². The molecule has 3 saturated carbocycles. The number of hydrogen-bond acceptors (Lipinski definition) is 3. The molecule has 0 heterocycles. The van der Waals surface area contributed by atoms with E-state index in [1.807, 2.05) is 0 Å². The predicted octanol–water partition coefficient (Wildman–Crippen LogP) is 10.8. The predicted molar refractivity (Wildman–Crippen MR) is 193 cm³/mol. The normalized spacial score (nSPS) is 35.2. The van der Waals surface area contributed by atoms with Crippen molar-refractivity contribution in [3.8, 4) is 5.75 Å². The zero-order valence-corrected chi connectivity index (χ0v) is 32.1. The van der Waals surface area contributed by atoms with Gasteiger partial charge < -0.3 is 9.47 Å². The third-order valence-corrected chi connectivity index (χ3v) is 14.1. The average molecular weight is 898 g/mol. The number of carbonyl (C=O) groups is 1. The van der Waals surface area contributed by atoms with Gasteiger partial charge in [0.1, 0.15) is 11.9 Å². The van der Waals surface area contributed by atoms with Crippen molar-refractivity contribution in [2.75, 3.05) is 6.61 Å². The van der Waals surface area contributed by atoms with Gasteiger partial charge in [-0.3, -0.25) is 0 Å². The third kappa shape index (κ3) is 6.84. The fraction of sp³-hybridized carbons (Fsp3) is 0.743. The molecule has 0 aromatic heterocycles. The molecule has 0 bridgehead atoms. The van der Waals surface area contributed by atoms with Crippen LogP contribution in [0, 0.1) is 57.0 Å². The lowest BCUT2D eigenvalue weighted by Crippen LogP contribution is -2.51. The van der Waals surface area contributed by atoms with Crippen LogP contribution in [0.5, 0.6) is 5.75 Å². The van der Waals surface area contributed by atoms with Crippen LogP contribution in [0.2, 0.25) is 0 Å². The fourth-order valence-corrected chi connectivity index (χ4v) is 13.7. The van der Waals surface area contributed by atoms with Crippen LogP contribution >= 0.6 is 67.8 Å². The Kier molecular flexibility index (Phi) is 10.7. The Morgan fingerprint density at radius 1 is 0.976 bits per heavy atom. The van der Waals surface area contributed by atoms with Gasteiger partial charge in [-0.2, -0.15) is 0 Å². The topological polar surface area (TPSA) is 35.5 Å². The molecule has 0 radical (unpaired) electrons. The summed E-state index contributed by atoms with van der Waals surface area (Å²) in [4.78, 5) is 12.8. The van der Waals surface area contributed by atoms with Crippen molar-refractivity contribution in [2.45, 2.75) is 111 Å². The van der Waals surface area contributed by atoms with Gasteiger partial charge in [0.05, 0.1) is 7.14 Å². The molecule has 0 amide bonds. The first kappa shape index (κ1) is 32.8. The van der Waals surface area contributed by atoms with Crippen molar-refractivity contribution in [1.29, 1.82) is 0 Å². The van der Waals surface area contributed by atoms with Crippen molar-refractivity contribution in [1.82, 2.24) is 0 Å². The van der Waals surface area contributed by atoms with Gasteiger partial charge in [-0.25, -0.2) is 4.79 Å². The summed E-state index contributed by atoms with van der Waals surface area (Å²) in [6.45, 7) is 12.5. The van der Waals surface area contributed by atoms with Crippen LogP contribution in [0.3, 0.4) is 0 Å². The Balaban J connectivity index is 1.19. The Bertz CT molecular complexity index is 1120. The number of allylic oxidation sites excluding steroid dienone is 1. The van der Waals surface area contributed by atoms with Gasteiger partial charge in [0.25, 0.3) is 0 Å². The molecule has 4 aliphatic rings. The second kappa shape index (κ2) is 13.4. The first-order chi connectivity index (χ1) is 19.4. The van der Waals surface area contributed by atoms with E-state index in [9.17, 15) is 4.79 Å². The molecule has 41 heavy (non-hydrogen) atoms. The van der Waals surface area contributed by atoms with E-state index in [2.05, 4.69) is 121 Å². The smallest absolute Gasteiger partial charge is 0.344 e. The van der Waals surface area contributed by atoms with E-state index in [0.717, 1.165) is 67.7 Å². The van der Waals surface area contributed by atoms with Crippen LogP contribution < -0.4 is 4.74 Å². The number of esters is 1. The first-order valence-electron chi connectivity index (χ1n) is 16.1. The highest BCUT2D eigenvalue weighted by atomic mass is 127. The molecular formula is C35H49I3O3. The zero-order valence-electron chi connectivity index (χ0n) is 25.6. The summed E-state index contributed by atoms with van der Waals surface area (Å²) in [7, 11) is 0.